The second kappa shape index (κ2) is 2.58. The summed E-state index contributed by atoms with van der Waals surface area (Å²) in [6.45, 7) is 3.67. The van der Waals surface area contributed by atoms with E-state index < -0.39 is 18.0 Å². The summed E-state index contributed by atoms with van der Waals surface area (Å²) in [6, 6.07) is 0. The monoisotopic (exact) mass is 141 g/mol. The summed E-state index contributed by atoms with van der Waals surface area (Å²) in [5, 5.41) is 0. The molecule has 0 aromatic rings. The van der Waals surface area contributed by atoms with Gasteiger partial charge in [-0.15, -0.1) is 0 Å². The van der Waals surface area contributed by atoms with E-state index in [1.807, 2.05) is 0 Å². The zero-order valence-electron chi connectivity index (χ0n) is 6.71. The largest absolute Gasteiger partial charge is 0.391 e. The molecule has 0 aliphatic rings. The van der Waals surface area contributed by atoms with Crippen molar-refractivity contribution in [3.8, 4) is 0 Å². The van der Waals surface area contributed by atoms with Crippen LogP contribution in [0.1, 0.15) is 22.1 Å². The average Bonchev–Trinajstić information content (AvgIpc) is 1.62. The lowest BCUT2D eigenvalue weighted by Gasteiger charge is -2.18. The molecule has 56 valence electrons. The molecule has 0 amide bonds. The topological polar surface area (TPSA) is 0 Å². The van der Waals surface area contributed by atoms with Crippen LogP contribution < -0.4 is 0 Å². The Morgan fingerprint density at radius 1 is 1.22 bits per heavy atom. The summed E-state index contributed by atoms with van der Waals surface area (Å²) in [7, 11) is 0. The Hall–Kier alpha value is -0.210. The van der Waals surface area contributed by atoms with E-state index in [-0.39, 0.29) is 0 Å². The molecule has 0 heterocycles. The van der Waals surface area contributed by atoms with Crippen molar-refractivity contribution in [3.63, 3.8) is 0 Å². The molecular formula is C6H11F3. The van der Waals surface area contributed by atoms with E-state index in [9.17, 15) is 13.2 Å². The zero-order valence-corrected chi connectivity index (χ0v) is 5.71. The first-order valence-electron chi connectivity index (χ1n) is 3.26. The lowest BCUT2D eigenvalue weighted by molar-refractivity contribution is -0.180. The van der Waals surface area contributed by atoms with Gasteiger partial charge in [0.2, 0.25) is 0 Å². The highest BCUT2D eigenvalue weighted by Gasteiger charge is 2.37. The molecule has 0 N–H and O–H groups in total. The molecule has 0 aromatic heterocycles. The van der Waals surface area contributed by atoms with Crippen molar-refractivity contribution in [1.29, 1.82) is 0 Å². The number of hydrogen-bond acceptors (Lipinski definition) is 0. The van der Waals surface area contributed by atoms with E-state index in [2.05, 4.69) is 0 Å². The fraction of sp³-hybridized carbons (Fsp3) is 1.00. The lowest BCUT2D eigenvalue weighted by Crippen LogP contribution is -2.24. The lowest BCUT2D eigenvalue weighted by atomic mass is 9.98. The molecule has 9 heavy (non-hydrogen) atoms. The maximum Gasteiger partial charge on any atom is 0.391 e. The molecular weight excluding hydrogens is 129 g/mol. The Morgan fingerprint density at radius 3 is 1.56 bits per heavy atom. The van der Waals surface area contributed by atoms with Crippen molar-refractivity contribution in [3.05, 3.63) is 0 Å². The molecule has 0 nitrogen and oxygen atoms in total. The molecule has 0 bridgehead atoms. The maximum absolute atomic E-state index is 11.9. The highest BCUT2D eigenvalue weighted by atomic mass is 19.4. The van der Waals surface area contributed by atoms with Crippen LogP contribution in [0.15, 0.2) is 0 Å². The summed E-state index contributed by atoms with van der Waals surface area (Å²) < 4.78 is 42.6. The van der Waals surface area contributed by atoms with Gasteiger partial charge in [0.05, 0.1) is 5.89 Å². The minimum atomic E-state index is -4.42. The predicted molar refractivity (Wildman–Crippen MR) is 30.1 cm³/mol. The van der Waals surface area contributed by atoms with E-state index in [0.29, 0.717) is 0 Å². The van der Waals surface area contributed by atoms with Gasteiger partial charge in [0.1, 0.15) is 0 Å². The molecule has 1 atom stereocenters. The number of rotatable bonds is 1. The van der Waals surface area contributed by atoms with Gasteiger partial charge in [-0.05, 0) is 5.92 Å². The van der Waals surface area contributed by atoms with Crippen molar-refractivity contribution < 1.29 is 14.5 Å². The van der Waals surface area contributed by atoms with Crippen molar-refractivity contribution in [2.24, 2.45) is 11.8 Å². The Morgan fingerprint density at radius 2 is 1.56 bits per heavy atom. The van der Waals surface area contributed by atoms with Gasteiger partial charge in [-0.2, -0.15) is 13.2 Å². The predicted octanol–water partition coefficient (Wildman–Crippen LogP) is 2.84. The van der Waals surface area contributed by atoms with Crippen LogP contribution in [-0.2, 0) is 0 Å². The summed E-state index contributed by atoms with van der Waals surface area (Å²) in [5.74, 6) is -3.01. The quantitative estimate of drug-likeness (QED) is 0.526. The van der Waals surface area contributed by atoms with E-state index in [1.54, 1.807) is 0 Å². The first-order chi connectivity index (χ1) is 4.19. The molecule has 0 radical (unpaired) electrons. The first kappa shape index (κ1) is 6.90. The van der Waals surface area contributed by atoms with E-state index in [4.69, 9.17) is 1.37 Å². The van der Waals surface area contributed by atoms with Gasteiger partial charge in [-0.3, -0.25) is 0 Å². The molecule has 3 heteroatoms. The summed E-state index contributed by atoms with van der Waals surface area (Å²) in [5.41, 5.74) is 0. The molecule has 0 fully saturated rings. The van der Waals surface area contributed by atoms with Crippen molar-refractivity contribution in [2.45, 2.75) is 26.9 Å². The molecule has 0 aromatic carbocycles. The second-order valence-electron chi connectivity index (χ2n) is 2.34. The second-order valence-corrected chi connectivity index (χ2v) is 2.34. The third kappa shape index (κ3) is 2.72. The molecule has 0 saturated heterocycles. The smallest absolute Gasteiger partial charge is 0.171 e. The Kier molecular flexibility index (Phi) is 1.98. The zero-order chi connectivity index (χ0) is 8.58. The van der Waals surface area contributed by atoms with Gasteiger partial charge in [-0.1, -0.05) is 20.8 Å². The van der Waals surface area contributed by atoms with Gasteiger partial charge in [0.25, 0.3) is 0 Å². The maximum atomic E-state index is 11.9. The van der Waals surface area contributed by atoms with Crippen molar-refractivity contribution in [1.82, 2.24) is 0 Å². The van der Waals surface area contributed by atoms with Gasteiger partial charge in [-0.25, -0.2) is 0 Å². The van der Waals surface area contributed by atoms with Crippen LogP contribution in [0.4, 0.5) is 13.2 Å². The molecule has 1 unspecified atom stereocenters. The third-order valence-electron chi connectivity index (χ3n) is 1.31. The highest BCUT2D eigenvalue weighted by Crippen LogP contribution is 2.30. The van der Waals surface area contributed by atoms with Crippen LogP contribution >= 0.6 is 0 Å². The summed E-state index contributed by atoms with van der Waals surface area (Å²) in [6.07, 6.45) is -4.42. The highest BCUT2D eigenvalue weighted by molar-refractivity contribution is 4.64. The fourth-order valence-electron chi connectivity index (χ4n) is 0.327. The third-order valence-corrected chi connectivity index (χ3v) is 1.31. The molecule has 0 aliphatic heterocycles. The van der Waals surface area contributed by atoms with Crippen molar-refractivity contribution >= 4 is 0 Å². The van der Waals surface area contributed by atoms with E-state index in [0.717, 1.165) is 6.92 Å². The first-order valence-corrected chi connectivity index (χ1v) is 2.76. The average molecular weight is 141 g/mol. The Balaban J connectivity index is 4.40. The Labute approximate surface area is 54.5 Å². The fourth-order valence-corrected chi connectivity index (χ4v) is 0.327. The van der Waals surface area contributed by atoms with Crippen molar-refractivity contribution in [2.75, 3.05) is 0 Å². The standard InChI is InChI=1S/C6H11F3/c1-4(2)5(3)6(7,8)9/h4-5H,1-3H3/i5D. The number of halogens is 3. The van der Waals surface area contributed by atoms with Crippen LogP contribution in [0.3, 0.4) is 0 Å². The minimum Gasteiger partial charge on any atom is -0.171 e. The molecule has 0 aliphatic carbocycles. The van der Waals surface area contributed by atoms with Gasteiger partial charge >= 0.3 is 6.18 Å². The van der Waals surface area contributed by atoms with E-state index in [1.165, 1.54) is 13.8 Å². The normalized spacial score (nSPS) is 21.4. The van der Waals surface area contributed by atoms with E-state index >= 15 is 0 Å². The molecule has 0 saturated carbocycles. The minimum absolute atomic E-state index is 0.701. The molecule has 0 spiro atoms. The van der Waals surface area contributed by atoms with Crippen LogP contribution in [0.2, 0.25) is 0 Å². The number of hydrogen-bond donors (Lipinski definition) is 0. The number of alkyl halides is 3. The van der Waals surface area contributed by atoms with Gasteiger partial charge in [0, 0.05) is 1.37 Å². The Bertz CT molecular complexity index is 115. The summed E-state index contributed by atoms with van der Waals surface area (Å²) in [4.78, 5) is 0. The van der Waals surface area contributed by atoms with Gasteiger partial charge in [0.15, 0.2) is 0 Å². The SMILES string of the molecule is [2H]C(C)(C(C)C)C(F)(F)F. The van der Waals surface area contributed by atoms with Crippen LogP contribution in [0, 0.1) is 11.8 Å². The van der Waals surface area contributed by atoms with Gasteiger partial charge < -0.3 is 0 Å². The van der Waals surface area contributed by atoms with Crippen LogP contribution in [0.25, 0.3) is 0 Å². The summed E-state index contributed by atoms with van der Waals surface area (Å²) >= 11 is 0. The van der Waals surface area contributed by atoms with Crippen LogP contribution in [-0.4, -0.2) is 6.18 Å². The van der Waals surface area contributed by atoms with Crippen LogP contribution in [0.5, 0.6) is 0 Å². The molecule has 0 rings (SSSR count).